The molecule has 1 heterocycles. The molecule has 0 aliphatic heterocycles. The molecule has 190 valence electrons. The molecule has 3 N–H and O–H groups in total. The van der Waals surface area contributed by atoms with Gasteiger partial charge in [0.15, 0.2) is 0 Å². The van der Waals surface area contributed by atoms with Gasteiger partial charge in [-0.2, -0.15) is 0 Å². The van der Waals surface area contributed by atoms with Crippen LogP contribution in [0.3, 0.4) is 0 Å². The van der Waals surface area contributed by atoms with E-state index in [1.807, 2.05) is 54.6 Å². The smallest absolute Gasteiger partial charge is 0.325 e. The summed E-state index contributed by atoms with van der Waals surface area (Å²) in [5.74, 6) is 0.000748. The van der Waals surface area contributed by atoms with Crippen molar-refractivity contribution in [1.29, 1.82) is 0 Å². The third-order valence-electron chi connectivity index (χ3n) is 6.06. The minimum Gasteiger partial charge on any atom is -0.480 e. The van der Waals surface area contributed by atoms with Crippen molar-refractivity contribution in [2.45, 2.75) is 32.7 Å². The lowest BCUT2D eigenvalue weighted by molar-refractivity contribution is -0.138. The average molecular weight is 499 g/mol. The second kappa shape index (κ2) is 12.0. The summed E-state index contributed by atoms with van der Waals surface area (Å²) in [5, 5.41) is 23.1. The van der Waals surface area contributed by atoms with Crippen LogP contribution >= 0.6 is 0 Å². The highest BCUT2D eigenvalue weighted by atomic mass is 16.4. The van der Waals surface area contributed by atoms with Gasteiger partial charge in [0.25, 0.3) is 5.91 Å². The fourth-order valence-corrected chi connectivity index (χ4v) is 3.87. The van der Waals surface area contributed by atoms with Crippen molar-refractivity contribution in [2.75, 3.05) is 11.9 Å². The summed E-state index contributed by atoms with van der Waals surface area (Å²) in [6, 6.07) is 24.0. The van der Waals surface area contributed by atoms with Gasteiger partial charge in [-0.05, 0) is 79.8 Å². The number of rotatable bonds is 11. The van der Waals surface area contributed by atoms with E-state index in [1.54, 1.807) is 12.1 Å². The zero-order valence-electron chi connectivity index (χ0n) is 20.8. The lowest BCUT2D eigenvalue weighted by Crippen LogP contribution is -2.38. The van der Waals surface area contributed by atoms with Crippen LogP contribution in [0.5, 0.6) is 0 Å². The number of carboxylic acid groups (broad SMARTS) is 1. The molecular weight excluding hydrogens is 468 g/mol. The van der Waals surface area contributed by atoms with Gasteiger partial charge in [-0.1, -0.05) is 37.3 Å². The molecule has 1 unspecified atom stereocenters. The first-order valence-electron chi connectivity index (χ1n) is 12.2. The summed E-state index contributed by atoms with van der Waals surface area (Å²) in [4.78, 5) is 23.0. The second-order valence-electron chi connectivity index (χ2n) is 9.11. The summed E-state index contributed by atoms with van der Waals surface area (Å²) in [6.45, 7) is 4.45. The van der Waals surface area contributed by atoms with Crippen LogP contribution < -0.4 is 10.6 Å². The van der Waals surface area contributed by atoms with Gasteiger partial charge >= 0.3 is 5.97 Å². The van der Waals surface area contributed by atoms with E-state index in [2.05, 4.69) is 39.9 Å². The predicted octanol–water partition coefficient (Wildman–Crippen LogP) is 5.29. The van der Waals surface area contributed by atoms with Gasteiger partial charge in [0.2, 0.25) is 11.8 Å². The Morgan fingerprint density at radius 1 is 0.865 bits per heavy atom. The fraction of sp³-hybridized carbons (Fsp3) is 0.241. The largest absolute Gasteiger partial charge is 0.480 e. The van der Waals surface area contributed by atoms with E-state index in [0.29, 0.717) is 23.3 Å². The van der Waals surface area contributed by atoms with Crippen LogP contribution in [0, 0.1) is 5.92 Å². The number of amides is 1. The van der Waals surface area contributed by atoms with E-state index < -0.39 is 17.9 Å². The van der Waals surface area contributed by atoms with Crippen molar-refractivity contribution in [3.8, 4) is 22.9 Å². The Balaban J connectivity index is 1.23. The molecule has 0 radical (unpaired) electrons. The van der Waals surface area contributed by atoms with Crippen LogP contribution in [-0.2, 0) is 11.2 Å². The van der Waals surface area contributed by atoms with Crippen LogP contribution in [0.25, 0.3) is 22.9 Å². The molecule has 4 aromatic rings. The number of hydrogen-bond donors (Lipinski definition) is 3. The molecule has 4 rings (SSSR count). The molecule has 0 aliphatic rings. The number of carbonyl (C=O) groups is 2. The van der Waals surface area contributed by atoms with Crippen LogP contribution in [0.1, 0.15) is 36.2 Å². The maximum Gasteiger partial charge on any atom is 0.325 e. The zero-order valence-corrected chi connectivity index (χ0v) is 20.8. The number of aliphatic carboxylic acids is 1. The van der Waals surface area contributed by atoms with Gasteiger partial charge in [0.1, 0.15) is 6.04 Å². The number of benzene rings is 3. The topological polar surface area (TPSA) is 117 Å². The Bertz CT molecular complexity index is 1320. The monoisotopic (exact) mass is 498 g/mol. The summed E-state index contributed by atoms with van der Waals surface area (Å²) in [6.07, 6.45) is 1.92. The Kier molecular flexibility index (Phi) is 8.30. The molecule has 0 aliphatic carbocycles. The first-order chi connectivity index (χ1) is 17.9. The molecule has 3 aromatic carbocycles. The SMILES string of the molecule is CC(CCNc1ccc(C(=O)N[C@H](C)C(=O)O)cc1)Cc1ccc(-c2nnc(-c3ccccc3)o2)cc1. The predicted molar refractivity (Wildman–Crippen MR) is 142 cm³/mol. The molecule has 2 atom stereocenters. The van der Waals surface area contributed by atoms with Crippen molar-refractivity contribution < 1.29 is 19.1 Å². The highest BCUT2D eigenvalue weighted by Crippen LogP contribution is 2.24. The molecule has 1 amide bonds. The Morgan fingerprint density at radius 2 is 1.49 bits per heavy atom. The third-order valence-corrected chi connectivity index (χ3v) is 6.06. The highest BCUT2D eigenvalue weighted by Gasteiger charge is 2.15. The van der Waals surface area contributed by atoms with E-state index in [-0.39, 0.29) is 0 Å². The molecule has 0 saturated carbocycles. The second-order valence-corrected chi connectivity index (χ2v) is 9.11. The molecule has 0 saturated heterocycles. The summed E-state index contributed by atoms with van der Waals surface area (Å²) in [5.41, 5.74) is 4.36. The number of nitrogens with zero attached hydrogens (tertiary/aromatic N) is 2. The molecule has 1 aromatic heterocycles. The van der Waals surface area contributed by atoms with Crippen LogP contribution in [0.2, 0.25) is 0 Å². The quantitative estimate of drug-likeness (QED) is 0.257. The lowest BCUT2D eigenvalue weighted by atomic mass is 9.97. The van der Waals surface area contributed by atoms with Crippen molar-refractivity contribution in [3.05, 3.63) is 90.0 Å². The number of carboxylic acids is 1. The van der Waals surface area contributed by atoms with Gasteiger partial charge in [-0.25, -0.2) is 0 Å². The first-order valence-corrected chi connectivity index (χ1v) is 12.2. The van der Waals surface area contributed by atoms with E-state index >= 15 is 0 Å². The van der Waals surface area contributed by atoms with Crippen LogP contribution in [0.4, 0.5) is 5.69 Å². The van der Waals surface area contributed by atoms with Crippen LogP contribution in [-0.4, -0.2) is 39.8 Å². The number of carbonyl (C=O) groups excluding carboxylic acids is 1. The van der Waals surface area contributed by atoms with Gasteiger partial charge in [0, 0.05) is 28.9 Å². The van der Waals surface area contributed by atoms with E-state index in [4.69, 9.17) is 9.52 Å². The molecule has 8 heteroatoms. The summed E-state index contributed by atoms with van der Waals surface area (Å²) in [7, 11) is 0. The molecule has 37 heavy (non-hydrogen) atoms. The average Bonchev–Trinajstić information content (AvgIpc) is 3.40. The Morgan fingerprint density at radius 3 is 2.11 bits per heavy atom. The van der Waals surface area contributed by atoms with E-state index in [9.17, 15) is 9.59 Å². The minimum absolute atomic E-state index is 0.406. The van der Waals surface area contributed by atoms with Crippen LogP contribution in [0.15, 0.2) is 83.3 Å². The van der Waals surface area contributed by atoms with Crippen molar-refractivity contribution in [1.82, 2.24) is 15.5 Å². The molecule has 0 fully saturated rings. The fourth-order valence-electron chi connectivity index (χ4n) is 3.87. The molecule has 0 spiro atoms. The number of anilines is 1. The van der Waals surface area contributed by atoms with Crippen molar-refractivity contribution in [2.24, 2.45) is 5.92 Å². The van der Waals surface area contributed by atoms with E-state index in [0.717, 1.165) is 36.2 Å². The van der Waals surface area contributed by atoms with Gasteiger partial charge in [-0.3, -0.25) is 9.59 Å². The Labute approximate surface area is 215 Å². The standard InChI is InChI=1S/C29H30N4O4/c1-19(16-17-30-25-14-12-22(13-15-25)26(34)31-20(2)29(35)36)18-21-8-10-24(11-9-21)28-33-32-27(37-28)23-6-4-3-5-7-23/h3-15,19-20,30H,16-18H2,1-2H3,(H,31,34)(H,35,36)/t19?,20-/m1/s1. The Hall–Kier alpha value is -4.46. The summed E-state index contributed by atoms with van der Waals surface area (Å²) < 4.78 is 5.84. The molecule has 0 bridgehead atoms. The first kappa shape index (κ1) is 25.6. The maximum atomic E-state index is 12.1. The minimum atomic E-state index is -1.07. The maximum absolute atomic E-state index is 12.1. The number of hydrogen-bond acceptors (Lipinski definition) is 6. The zero-order chi connectivity index (χ0) is 26.2. The lowest BCUT2D eigenvalue weighted by Gasteiger charge is -2.14. The van der Waals surface area contributed by atoms with Crippen molar-refractivity contribution >= 4 is 17.6 Å². The number of aromatic nitrogens is 2. The van der Waals surface area contributed by atoms with Gasteiger partial charge in [-0.15, -0.1) is 10.2 Å². The summed E-state index contributed by atoms with van der Waals surface area (Å²) >= 11 is 0. The normalized spacial score (nSPS) is 12.5. The van der Waals surface area contributed by atoms with Gasteiger partial charge in [0.05, 0.1) is 0 Å². The van der Waals surface area contributed by atoms with E-state index in [1.165, 1.54) is 12.5 Å². The highest BCUT2D eigenvalue weighted by molar-refractivity contribution is 5.96. The number of nitrogens with one attached hydrogen (secondary N) is 2. The third kappa shape index (κ3) is 7.04. The van der Waals surface area contributed by atoms with Gasteiger partial charge < -0.3 is 20.2 Å². The van der Waals surface area contributed by atoms with Crippen molar-refractivity contribution in [3.63, 3.8) is 0 Å². The molecular formula is C29H30N4O4. The molecule has 8 nitrogen and oxygen atoms in total.